The molecule has 3 rings (SSSR count). The van der Waals surface area contributed by atoms with E-state index in [4.69, 9.17) is 25.2 Å². The number of aryl methyl sites for hydroxylation is 2. The van der Waals surface area contributed by atoms with Gasteiger partial charge in [0.1, 0.15) is 22.3 Å². The largest absolute Gasteiger partial charge is 0.865 e. The van der Waals surface area contributed by atoms with Gasteiger partial charge >= 0.3 is 0 Å². The minimum absolute atomic E-state index is 0.0118. The van der Waals surface area contributed by atoms with Crippen LogP contribution in [0.3, 0.4) is 0 Å². The molecule has 0 aliphatic rings. The van der Waals surface area contributed by atoms with Crippen molar-refractivity contribution in [2.75, 3.05) is 7.11 Å². The minimum Gasteiger partial charge on any atom is -0.865 e. The van der Waals surface area contributed by atoms with Crippen LogP contribution in [0.15, 0.2) is 27.0 Å². The average molecular weight is 391 g/mol. The second-order valence-electron chi connectivity index (χ2n) is 5.56. The van der Waals surface area contributed by atoms with Gasteiger partial charge in [0.05, 0.1) is 17.6 Å². The standard InChI is InChI=1S/C17H14ClN3O6/c1-8-4-11(9(2)26-8)16-19-20-17(27-16)12(18)5-10-6-13(21(23)24)15(22)14(7-10)25-3/h4-7,22H,1-3H3/p-1/b12-5-. The van der Waals surface area contributed by atoms with Crippen LogP contribution in [0, 0.1) is 24.0 Å². The lowest BCUT2D eigenvalue weighted by atomic mass is 10.1. The molecule has 0 amide bonds. The highest BCUT2D eigenvalue weighted by Crippen LogP contribution is 2.36. The molecule has 2 heterocycles. The van der Waals surface area contributed by atoms with Crippen LogP contribution in [-0.2, 0) is 0 Å². The first-order valence-corrected chi connectivity index (χ1v) is 8.00. The van der Waals surface area contributed by atoms with Gasteiger partial charge in [-0.2, -0.15) is 0 Å². The van der Waals surface area contributed by atoms with Crippen molar-refractivity contribution in [3.05, 3.63) is 51.3 Å². The molecular weight excluding hydrogens is 378 g/mol. The first-order valence-electron chi connectivity index (χ1n) is 7.62. The van der Waals surface area contributed by atoms with Gasteiger partial charge in [0.2, 0.25) is 0 Å². The lowest BCUT2D eigenvalue weighted by molar-refractivity contribution is -0.398. The Morgan fingerprint density at radius 1 is 1.26 bits per heavy atom. The molecule has 0 saturated carbocycles. The van der Waals surface area contributed by atoms with Gasteiger partial charge < -0.3 is 18.7 Å². The monoisotopic (exact) mass is 390 g/mol. The number of benzene rings is 1. The van der Waals surface area contributed by atoms with Gasteiger partial charge in [-0.05, 0) is 37.6 Å². The number of halogens is 1. The van der Waals surface area contributed by atoms with Gasteiger partial charge in [0.15, 0.2) is 0 Å². The molecular formula is C17H13ClN3O6-. The molecule has 0 atom stereocenters. The van der Waals surface area contributed by atoms with Gasteiger partial charge in [-0.15, -0.1) is 10.2 Å². The van der Waals surface area contributed by atoms with E-state index in [0.29, 0.717) is 17.1 Å². The Morgan fingerprint density at radius 3 is 2.59 bits per heavy atom. The first kappa shape index (κ1) is 18.5. The van der Waals surface area contributed by atoms with Crippen molar-refractivity contribution in [1.82, 2.24) is 10.2 Å². The summed E-state index contributed by atoms with van der Waals surface area (Å²) < 4.78 is 15.9. The number of nitro benzene ring substituents is 1. The number of rotatable bonds is 5. The van der Waals surface area contributed by atoms with Gasteiger partial charge in [-0.3, -0.25) is 10.1 Å². The number of nitro groups is 1. The summed E-state index contributed by atoms with van der Waals surface area (Å²) in [5, 5.41) is 30.8. The predicted molar refractivity (Wildman–Crippen MR) is 94.3 cm³/mol. The molecule has 0 saturated heterocycles. The fourth-order valence-electron chi connectivity index (χ4n) is 2.46. The summed E-state index contributed by atoms with van der Waals surface area (Å²) in [5.74, 6) is 0.564. The number of hydrogen-bond donors (Lipinski definition) is 0. The zero-order valence-electron chi connectivity index (χ0n) is 14.5. The molecule has 0 aliphatic heterocycles. The maximum Gasteiger partial charge on any atom is 0.266 e. The number of aromatic nitrogens is 2. The Morgan fingerprint density at radius 2 is 2.00 bits per heavy atom. The number of hydrogen-bond acceptors (Lipinski definition) is 8. The van der Waals surface area contributed by atoms with Crippen molar-refractivity contribution in [1.29, 1.82) is 0 Å². The van der Waals surface area contributed by atoms with E-state index in [9.17, 15) is 15.2 Å². The quantitative estimate of drug-likeness (QED) is 0.476. The highest BCUT2D eigenvalue weighted by atomic mass is 35.5. The van der Waals surface area contributed by atoms with Crippen LogP contribution in [-0.4, -0.2) is 22.2 Å². The number of methoxy groups -OCH3 is 1. The summed E-state index contributed by atoms with van der Waals surface area (Å²) in [6.07, 6.45) is 1.36. The molecule has 0 unspecified atom stereocenters. The number of nitrogens with zero attached hydrogens (tertiary/aromatic N) is 3. The third-order valence-electron chi connectivity index (χ3n) is 3.67. The Hall–Kier alpha value is -3.33. The van der Waals surface area contributed by atoms with Crippen molar-refractivity contribution in [2.24, 2.45) is 0 Å². The highest BCUT2D eigenvalue weighted by molar-refractivity contribution is 6.50. The topological polar surface area (TPSA) is 127 Å². The lowest BCUT2D eigenvalue weighted by Gasteiger charge is -2.13. The minimum atomic E-state index is -0.818. The van der Waals surface area contributed by atoms with Crippen LogP contribution in [0.1, 0.15) is 23.0 Å². The number of furan rings is 1. The Kier molecular flexibility index (Phi) is 4.87. The summed E-state index contributed by atoms with van der Waals surface area (Å²) in [7, 11) is 1.25. The average Bonchev–Trinajstić information content (AvgIpc) is 3.22. The van der Waals surface area contributed by atoms with Crippen molar-refractivity contribution < 1.29 is 23.6 Å². The second-order valence-corrected chi connectivity index (χ2v) is 5.97. The normalized spacial score (nSPS) is 11.6. The maximum absolute atomic E-state index is 11.9. The molecule has 140 valence electrons. The van der Waals surface area contributed by atoms with E-state index in [1.165, 1.54) is 19.3 Å². The summed E-state index contributed by atoms with van der Waals surface area (Å²) in [4.78, 5) is 10.3. The van der Waals surface area contributed by atoms with E-state index < -0.39 is 16.4 Å². The van der Waals surface area contributed by atoms with Crippen molar-refractivity contribution in [3.8, 4) is 23.0 Å². The Balaban J connectivity index is 1.98. The summed E-state index contributed by atoms with van der Waals surface area (Å²) >= 11 is 6.21. The molecule has 0 fully saturated rings. The van der Waals surface area contributed by atoms with E-state index in [2.05, 4.69) is 10.2 Å². The number of ether oxygens (including phenoxy) is 1. The molecule has 0 radical (unpaired) electrons. The van der Waals surface area contributed by atoms with E-state index in [1.54, 1.807) is 19.9 Å². The van der Waals surface area contributed by atoms with Crippen molar-refractivity contribution >= 4 is 28.4 Å². The molecule has 0 aliphatic carbocycles. The van der Waals surface area contributed by atoms with E-state index in [-0.39, 0.29) is 28.1 Å². The molecule has 0 bridgehead atoms. The molecule has 0 spiro atoms. The first-order chi connectivity index (χ1) is 12.8. The van der Waals surface area contributed by atoms with Crippen LogP contribution in [0.4, 0.5) is 5.69 Å². The third kappa shape index (κ3) is 3.63. The van der Waals surface area contributed by atoms with E-state index in [0.717, 1.165) is 6.07 Å². The van der Waals surface area contributed by atoms with Crippen LogP contribution in [0.25, 0.3) is 22.6 Å². The molecule has 3 aromatic rings. The van der Waals surface area contributed by atoms with Gasteiger partial charge in [0, 0.05) is 11.8 Å². The molecule has 2 aromatic heterocycles. The fourth-order valence-corrected chi connectivity index (χ4v) is 2.66. The molecule has 9 nitrogen and oxygen atoms in total. The molecule has 0 N–H and O–H groups in total. The second kappa shape index (κ2) is 7.12. The summed E-state index contributed by atoms with van der Waals surface area (Å²) in [6.45, 7) is 3.56. The summed E-state index contributed by atoms with van der Waals surface area (Å²) in [6, 6.07) is 4.18. The van der Waals surface area contributed by atoms with Gasteiger partial charge in [0.25, 0.3) is 17.5 Å². The fraction of sp³-hybridized carbons (Fsp3) is 0.176. The van der Waals surface area contributed by atoms with Crippen LogP contribution >= 0.6 is 11.6 Å². The van der Waals surface area contributed by atoms with Gasteiger partial charge in [-0.1, -0.05) is 11.6 Å². The van der Waals surface area contributed by atoms with Crippen molar-refractivity contribution in [3.63, 3.8) is 0 Å². The SMILES string of the molecule is COc1cc(/C=C(\Cl)c2nnc(-c3cc(C)oc3C)o2)cc([N+](=O)[O-])c1[O-]. The van der Waals surface area contributed by atoms with E-state index in [1.807, 2.05) is 0 Å². The predicted octanol–water partition coefficient (Wildman–Crippen LogP) is 3.67. The smallest absolute Gasteiger partial charge is 0.266 e. The third-order valence-corrected chi connectivity index (χ3v) is 3.94. The molecule has 27 heavy (non-hydrogen) atoms. The van der Waals surface area contributed by atoms with Crippen LogP contribution < -0.4 is 9.84 Å². The maximum atomic E-state index is 11.9. The van der Waals surface area contributed by atoms with E-state index >= 15 is 0 Å². The Labute approximate surface area is 158 Å². The lowest BCUT2D eigenvalue weighted by Crippen LogP contribution is -2.01. The van der Waals surface area contributed by atoms with Crippen LogP contribution in [0.2, 0.25) is 0 Å². The summed E-state index contributed by atoms with van der Waals surface area (Å²) in [5.41, 5.74) is 0.294. The highest BCUT2D eigenvalue weighted by Gasteiger charge is 2.17. The van der Waals surface area contributed by atoms with Crippen LogP contribution in [0.5, 0.6) is 11.5 Å². The Bertz CT molecular complexity index is 1050. The molecule has 10 heteroatoms. The molecule has 1 aromatic carbocycles. The zero-order chi connectivity index (χ0) is 19.7. The van der Waals surface area contributed by atoms with Gasteiger partial charge in [-0.25, -0.2) is 0 Å². The zero-order valence-corrected chi connectivity index (χ0v) is 15.2. The van der Waals surface area contributed by atoms with Crippen molar-refractivity contribution in [2.45, 2.75) is 13.8 Å².